The van der Waals surface area contributed by atoms with E-state index >= 15 is 0 Å². The topological polar surface area (TPSA) is 116 Å². The summed E-state index contributed by atoms with van der Waals surface area (Å²) in [7, 11) is 3.80. The molecule has 0 aliphatic carbocycles. The normalized spacial score (nSPS) is 10.3. The molecule has 0 unspecified atom stereocenters. The van der Waals surface area contributed by atoms with Crippen molar-refractivity contribution in [1.82, 2.24) is 20.8 Å². The third-order valence-corrected chi connectivity index (χ3v) is 3.90. The molecule has 3 aromatic rings. The number of amides is 2. The maximum Gasteiger partial charge on any atom is 0.290 e. The molecule has 3 rings (SSSR count). The Morgan fingerprint density at radius 2 is 1.16 bits per heavy atom. The number of carbonyl (C=O) groups excluding carboxylic acids is 2. The molecular formula is C20H20I2N8O2. The summed E-state index contributed by atoms with van der Waals surface area (Å²) in [5, 5.41) is 7.78. The fourth-order valence-corrected chi connectivity index (χ4v) is 2.25. The summed E-state index contributed by atoms with van der Waals surface area (Å²) in [6.07, 6.45) is 11.6. The number of halogens is 2. The zero-order valence-electron chi connectivity index (χ0n) is 17.2. The smallest absolute Gasteiger partial charge is 0.290 e. The molecule has 0 radical (unpaired) electrons. The Hall–Kier alpha value is -2.88. The minimum absolute atomic E-state index is 0. The minimum Gasteiger partial charge on any atom is -1.00 e. The van der Waals surface area contributed by atoms with E-state index in [9.17, 15) is 9.59 Å². The number of pyridine rings is 2. The molecule has 0 saturated carbocycles. The molecule has 0 saturated heterocycles. The number of aryl methyl sites for hydroxylation is 2. The van der Waals surface area contributed by atoms with Gasteiger partial charge in [0.25, 0.3) is 11.8 Å². The van der Waals surface area contributed by atoms with E-state index in [1.54, 1.807) is 0 Å². The van der Waals surface area contributed by atoms with E-state index in [4.69, 9.17) is 0 Å². The Balaban J connectivity index is 0.00000256. The lowest BCUT2D eigenvalue weighted by Gasteiger charge is -2.02. The summed E-state index contributed by atoms with van der Waals surface area (Å²) < 4.78 is 3.76. The molecule has 32 heavy (non-hydrogen) atoms. The summed E-state index contributed by atoms with van der Waals surface area (Å²) in [5.41, 5.74) is 6.39. The summed E-state index contributed by atoms with van der Waals surface area (Å²) in [5.74, 6) is -1.13. The van der Waals surface area contributed by atoms with Crippen LogP contribution in [0, 0.1) is 0 Å². The second kappa shape index (κ2) is 13.5. The van der Waals surface area contributed by atoms with E-state index in [0.29, 0.717) is 0 Å². The lowest BCUT2D eigenvalue weighted by Crippen LogP contribution is -3.00. The van der Waals surface area contributed by atoms with Gasteiger partial charge in [-0.1, -0.05) is 0 Å². The van der Waals surface area contributed by atoms with Crippen LogP contribution in [-0.4, -0.2) is 34.2 Å². The molecule has 10 nitrogen and oxygen atoms in total. The van der Waals surface area contributed by atoms with E-state index < -0.39 is 11.8 Å². The first-order chi connectivity index (χ1) is 14.5. The average molecular weight is 658 g/mol. The van der Waals surface area contributed by atoms with Crippen LogP contribution in [0.25, 0.3) is 0 Å². The van der Waals surface area contributed by atoms with Gasteiger partial charge in [0.05, 0.1) is 12.4 Å². The van der Waals surface area contributed by atoms with Crippen molar-refractivity contribution in [2.24, 2.45) is 24.3 Å². The summed E-state index contributed by atoms with van der Waals surface area (Å²) in [4.78, 5) is 32.2. The fourth-order valence-electron chi connectivity index (χ4n) is 2.25. The van der Waals surface area contributed by atoms with Crippen LogP contribution in [0.4, 0.5) is 0 Å². The zero-order chi connectivity index (χ0) is 21.3. The first-order valence-electron chi connectivity index (χ1n) is 8.91. The Labute approximate surface area is 218 Å². The van der Waals surface area contributed by atoms with Gasteiger partial charge in [0.2, 0.25) is 0 Å². The molecule has 166 valence electrons. The predicted molar refractivity (Wildman–Crippen MR) is 107 cm³/mol. The van der Waals surface area contributed by atoms with Crippen molar-refractivity contribution in [3.63, 3.8) is 0 Å². The molecule has 2 amide bonds. The Morgan fingerprint density at radius 1 is 0.781 bits per heavy atom. The molecule has 0 atom stereocenters. The van der Waals surface area contributed by atoms with Crippen molar-refractivity contribution in [3.05, 3.63) is 84.0 Å². The predicted octanol–water partition coefficient (Wildman–Crippen LogP) is -6.34. The highest BCUT2D eigenvalue weighted by Gasteiger charge is 2.12. The molecule has 0 fully saturated rings. The number of aromatic nitrogens is 4. The largest absolute Gasteiger partial charge is 1.00 e. The number of hydrazone groups is 2. The number of rotatable bonds is 6. The van der Waals surface area contributed by atoms with Gasteiger partial charge < -0.3 is 48.0 Å². The van der Waals surface area contributed by atoms with Crippen molar-refractivity contribution in [2.45, 2.75) is 0 Å². The highest BCUT2D eigenvalue weighted by atomic mass is 127. The van der Waals surface area contributed by atoms with E-state index in [-0.39, 0.29) is 59.3 Å². The summed E-state index contributed by atoms with van der Waals surface area (Å²) in [6, 6.07) is 8.65. The van der Waals surface area contributed by atoms with E-state index in [1.807, 2.05) is 72.3 Å². The number of hydrogen-bond acceptors (Lipinski definition) is 6. The molecular weight excluding hydrogens is 638 g/mol. The lowest BCUT2D eigenvalue weighted by molar-refractivity contribution is -0.671. The van der Waals surface area contributed by atoms with E-state index in [1.165, 1.54) is 18.5 Å². The molecule has 0 spiro atoms. The van der Waals surface area contributed by atoms with Gasteiger partial charge in [-0.3, -0.25) is 9.59 Å². The highest BCUT2D eigenvalue weighted by Crippen LogP contribution is 1.99. The quantitative estimate of drug-likeness (QED) is 0.119. The summed E-state index contributed by atoms with van der Waals surface area (Å²) >= 11 is 0. The average Bonchev–Trinajstić information content (AvgIpc) is 2.76. The fraction of sp³-hybridized carbons (Fsp3) is 0.100. The number of hydrogen-bond donors (Lipinski definition) is 2. The van der Waals surface area contributed by atoms with Gasteiger partial charge in [-0.25, -0.2) is 30.0 Å². The molecule has 0 bridgehead atoms. The van der Waals surface area contributed by atoms with Crippen LogP contribution < -0.4 is 67.9 Å². The highest BCUT2D eigenvalue weighted by molar-refractivity contribution is 5.97. The molecule has 3 aromatic heterocycles. The lowest BCUT2D eigenvalue weighted by atomic mass is 10.3. The molecule has 2 N–H and O–H groups in total. The van der Waals surface area contributed by atoms with Gasteiger partial charge in [0.15, 0.2) is 24.8 Å². The molecule has 3 heterocycles. The number of nitrogens with one attached hydrogen (secondary N) is 2. The van der Waals surface area contributed by atoms with Gasteiger partial charge >= 0.3 is 0 Å². The zero-order valence-corrected chi connectivity index (χ0v) is 21.5. The van der Waals surface area contributed by atoms with Gasteiger partial charge in [-0.2, -0.15) is 10.2 Å². The molecule has 0 aliphatic heterocycles. The van der Waals surface area contributed by atoms with Crippen LogP contribution in [0.1, 0.15) is 32.1 Å². The van der Waals surface area contributed by atoms with Gasteiger partial charge in [0.1, 0.15) is 31.8 Å². The number of nitrogens with zero attached hydrogens (tertiary/aromatic N) is 6. The Morgan fingerprint density at radius 3 is 1.53 bits per heavy atom. The van der Waals surface area contributed by atoms with Crippen molar-refractivity contribution in [1.29, 1.82) is 0 Å². The van der Waals surface area contributed by atoms with Crippen LogP contribution in [0.5, 0.6) is 0 Å². The monoisotopic (exact) mass is 658 g/mol. The van der Waals surface area contributed by atoms with Crippen LogP contribution in [-0.2, 0) is 14.1 Å². The van der Waals surface area contributed by atoms with Gasteiger partial charge in [-0.15, -0.1) is 0 Å². The first kappa shape index (κ1) is 27.2. The van der Waals surface area contributed by atoms with Crippen molar-refractivity contribution < 1.29 is 66.7 Å². The molecule has 12 heteroatoms. The molecule has 0 aromatic carbocycles. The standard InChI is InChI=1S/C20H18N8O2.2HI/c1-27-7-3-15(4-8-27)12-23-25-19(29)17-11-18(22-14-21-17)20(30)26-24-13-16-5-9-28(2)10-6-16;;/h3-14H,1-2H3;2*1H. The van der Waals surface area contributed by atoms with Crippen LogP contribution in [0.3, 0.4) is 0 Å². The van der Waals surface area contributed by atoms with E-state index in [0.717, 1.165) is 17.5 Å². The third kappa shape index (κ3) is 8.33. The third-order valence-electron chi connectivity index (χ3n) is 3.90. The maximum atomic E-state index is 12.2. The van der Waals surface area contributed by atoms with Crippen molar-refractivity contribution in [2.75, 3.05) is 0 Å². The van der Waals surface area contributed by atoms with Crippen molar-refractivity contribution in [3.8, 4) is 0 Å². The summed E-state index contributed by atoms with van der Waals surface area (Å²) in [6.45, 7) is 0. The van der Waals surface area contributed by atoms with Crippen LogP contribution in [0.2, 0.25) is 0 Å². The SMILES string of the molecule is C[n+]1ccc(C=NNC(=O)c2cc(C(=O)NN=Cc3cc[n+](C)cc3)ncn2)cc1.[I-].[I-]. The van der Waals surface area contributed by atoms with Crippen LogP contribution in [0.15, 0.2) is 71.6 Å². The van der Waals surface area contributed by atoms with Crippen molar-refractivity contribution >= 4 is 24.2 Å². The first-order valence-corrected chi connectivity index (χ1v) is 8.91. The Bertz CT molecular complexity index is 1020. The van der Waals surface area contributed by atoms with E-state index in [2.05, 4.69) is 31.0 Å². The maximum absolute atomic E-state index is 12.2. The minimum atomic E-state index is -0.565. The number of carbonyl (C=O) groups is 2. The van der Waals surface area contributed by atoms with Crippen LogP contribution >= 0.6 is 0 Å². The molecule has 0 aliphatic rings. The second-order valence-electron chi connectivity index (χ2n) is 6.28. The van der Waals surface area contributed by atoms with Gasteiger partial charge in [-0.05, 0) is 0 Å². The Kier molecular flexibility index (Phi) is 11.5. The van der Waals surface area contributed by atoms with Gasteiger partial charge in [0, 0.05) is 41.5 Å². The second-order valence-corrected chi connectivity index (χ2v) is 6.28.